The minimum Gasteiger partial charge on any atom is -0.386 e. The molecule has 1 aromatic heterocycles. The van der Waals surface area contributed by atoms with Crippen LogP contribution in [0.1, 0.15) is 24.3 Å². The Labute approximate surface area is 74.9 Å². The Kier molecular flexibility index (Phi) is 3.27. The first-order valence-electron chi connectivity index (χ1n) is 3.56. The van der Waals surface area contributed by atoms with Crippen LogP contribution < -0.4 is 0 Å². The number of halogens is 1. The molecular formula is C9H9FOS. The van der Waals surface area contributed by atoms with E-state index in [0.717, 1.165) is 0 Å². The van der Waals surface area contributed by atoms with Crippen molar-refractivity contribution in [3.63, 3.8) is 0 Å². The Bertz CT molecular complexity index is 308. The molecular weight excluding hydrogens is 175 g/mol. The van der Waals surface area contributed by atoms with E-state index < -0.39 is 6.10 Å². The van der Waals surface area contributed by atoms with Gasteiger partial charge in [-0.15, -0.1) is 23.2 Å². The van der Waals surface area contributed by atoms with Gasteiger partial charge < -0.3 is 5.11 Å². The molecule has 1 N–H and O–H groups in total. The maximum Gasteiger partial charge on any atom is 0.139 e. The van der Waals surface area contributed by atoms with Gasteiger partial charge in [0.25, 0.3) is 0 Å². The second kappa shape index (κ2) is 4.24. The number of aliphatic hydroxyl groups excluding tert-OH is 1. The maximum atomic E-state index is 12.8. The minimum absolute atomic E-state index is 0.300. The largest absolute Gasteiger partial charge is 0.386 e. The molecule has 0 aliphatic rings. The molecule has 0 bridgehead atoms. The van der Waals surface area contributed by atoms with Crippen molar-refractivity contribution in [2.75, 3.05) is 0 Å². The molecule has 0 aromatic carbocycles. The van der Waals surface area contributed by atoms with Crippen LogP contribution in [-0.4, -0.2) is 5.11 Å². The highest BCUT2D eigenvalue weighted by Crippen LogP contribution is 2.24. The molecule has 3 heteroatoms. The number of thiophene rings is 1. The number of hydrogen-bond acceptors (Lipinski definition) is 2. The predicted octanol–water partition coefficient (Wildman–Crippen LogP) is 2.33. The fourth-order valence-electron chi connectivity index (χ4n) is 0.835. The smallest absolute Gasteiger partial charge is 0.139 e. The third kappa shape index (κ3) is 2.07. The Balaban J connectivity index is 2.68. The van der Waals surface area contributed by atoms with E-state index in [1.807, 2.05) is 0 Å². The Morgan fingerprint density at radius 2 is 2.50 bits per heavy atom. The van der Waals surface area contributed by atoms with E-state index in [0.29, 0.717) is 11.3 Å². The summed E-state index contributed by atoms with van der Waals surface area (Å²) in [6.07, 6.45) is -0.481. The van der Waals surface area contributed by atoms with Crippen molar-refractivity contribution >= 4 is 11.3 Å². The van der Waals surface area contributed by atoms with Crippen LogP contribution in [0.2, 0.25) is 0 Å². The zero-order valence-corrected chi connectivity index (χ0v) is 7.49. The van der Waals surface area contributed by atoms with E-state index in [9.17, 15) is 9.50 Å². The summed E-state index contributed by atoms with van der Waals surface area (Å²) >= 11 is 1.22. The van der Waals surface area contributed by atoms with Crippen molar-refractivity contribution in [1.82, 2.24) is 0 Å². The summed E-state index contributed by atoms with van der Waals surface area (Å²) in [5, 5.41) is 11.0. The Morgan fingerprint density at radius 1 is 1.75 bits per heavy atom. The van der Waals surface area contributed by atoms with E-state index in [2.05, 4.69) is 11.8 Å². The lowest BCUT2D eigenvalue weighted by atomic mass is 10.2. The van der Waals surface area contributed by atoms with Crippen LogP contribution in [0.5, 0.6) is 0 Å². The van der Waals surface area contributed by atoms with Crippen LogP contribution >= 0.6 is 11.3 Å². The third-order valence-corrected chi connectivity index (χ3v) is 2.41. The zero-order valence-electron chi connectivity index (χ0n) is 6.67. The van der Waals surface area contributed by atoms with Crippen molar-refractivity contribution in [3.8, 4) is 11.8 Å². The maximum absolute atomic E-state index is 12.8. The van der Waals surface area contributed by atoms with Crippen LogP contribution in [0.3, 0.4) is 0 Å². The fraction of sp³-hybridized carbons (Fsp3) is 0.333. The molecule has 0 amide bonds. The highest BCUT2D eigenvalue weighted by Gasteiger charge is 2.12. The molecule has 0 radical (unpaired) electrons. The van der Waals surface area contributed by atoms with Gasteiger partial charge in [0.15, 0.2) is 0 Å². The van der Waals surface area contributed by atoms with E-state index in [4.69, 9.17) is 0 Å². The van der Waals surface area contributed by atoms with Gasteiger partial charge in [0.05, 0.1) is 4.88 Å². The van der Waals surface area contributed by atoms with Crippen molar-refractivity contribution in [2.45, 2.75) is 19.4 Å². The average Bonchev–Trinajstić information content (AvgIpc) is 2.47. The second-order valence-electron chi connectivity index (χ2n) is 2.28. The normalized spacial score (nSPS) is 11.9. The minimum atomic E-state index is -0.780. The summed E-state index contributed by atoms with van der Waals surface area (Å²) in [6, 6.07) is 1.35. The molecule has 64 valence electrons. The van der Waals surface area contributed by atoms with Gasteiger partial charge in [0, 0.05) is 6.42 Å². The molecule has 1 aromatic rings. The summed E-state index contributed by atoms with van der Waals surface area (Å²) in [4.78, 5) is 0.373. The number of hydrogen-bond donors (Lipinski definition) is 1. The van der Waals surface area contributed by atoms with E-state index in [1.165, 1.54) is 17.4 Å². The van der Waals surface area contributed by atoms with Crippen molar-refractivity contribution in [2.24, 2.45) is 0 Å². The molecule has 0 saturated heterocycles. The summed E-state index contributed by atoms with van der Waals surface area (Å²) in [7, 11) is 0. The third-order valence-electron chi connectivity index (χ3n) is 1.42. The second-order valence-corrected chi connectivity index (χ2v) is 3.23. The van der Waals surface area contributed by atoms with Crippen molar-refractivity contribution in [1.29, 1.82) is 0 Å². The molecule has 1 atom stereocenters. The van der Waals surface area contributed by atoms with Crippen LogP contribution in [-0.2, 0) is 0 Å². The van der Waals surface area contributed by atoms with Crippen molar-refractivity contribution < 1.29 is 9.50 Å². The zero-order chi connectivity index (χ0) is 8.97. The molecule has 1 nitrogen and oxygen atoms in total. The van der Waals surface area contributed by atoms with Crippen LogP contribution in [0.15, 0.2) is 11.4 Å². The quantitative estimate of drug-likeness (QED) is 0.699. The first-order valence-corrected chi connectivity index (χ1v) is 4.44. The van der Waals surface area contributed by atoms with Crippen LogP contribution in [0, 0.1) is 17.7 Å². The van der Waals surface area contributed by atoms with Gasteiger partial charge in [-0.25, -0.2) is 4.39 Å². The molecule has 12 heavy (non-hydrogen) atoms. The Hall–Kier alpha value is -0.850. The summed E-state index contributed by atoms with van der Waals surface area (Å²) in [5.41, 5.74) is 0. The van der Waals surface area contributed by atoms with Gasteiger partial charge in [-0.1, -0.05) is 0 Å². The first-order chi connectivity index (χ1) is 5.75. The molecule has 0 aliphatic heterocycles. The molecule has 1 unspecified atom stereocenters. The standard InChI is InChI=1S/C9H9FOS/c1-2-3-4-8(11)9-7(10)5-6-12-9/h5-6,8,11H,4H2,1H3. The monoisotopic (exact) mass is 184 g/mol. The van der Waals surface area contributed by atoms with Crippen LogP contribution in [0.4, 0.5) is 4.39 Å². The predicted molar refractivity (Wildman–Crippen MR) is 47.3 cm³/mol. The lowest BCUT2D eigenvalue weighted by molar-refractivity contribution is 0.183. The van der Waals surface area contributed by atoms with Gasteiger partial charge in [0.2, 0.25) is 0 Å². The van der Waals surface area contributed by atoms with Gasteiger partial charge in [-0.05, 0) is 18.4 Å². The summed E-state index contributed by atoms with van der Waals surface area (Å²) in [5.74, 6) is 5.01. The highest BCUT2D eigenvalue weighted by atomic mass is 32.1. The fourth-order valence-corrected chi connectivity index (χ4v) is 1.59. The highest BCUT2D eigenvalue weighted by molar-refractivity contribution is 7.10. The summed E-state index contributed by atoms with van der Waals surface area (Å²) in [6.45, 7) is 1.69. The lowest BCUT2D eigenvalue weighted by Crippen LogP contribution is -1.94. The van der Waals surface area contributed by atoms with Gasteiger partial charge in [-0.2, -0.15) is 0 Å². The molecule has 0 saturated carbocycles. The van der Waals surface area contributed by atoms with Gasteiger partial charge >= 0.3 is 0 Å². The first kappa shape index (κ1) is 9.24. The molecule has 1 heterocycles. The number of aliphatic hydroxyl groups is 1. The van der Waals surface area contributed by atoms with Gasteiger partial charge in [0.1, 0.15) is 11.9 Å². The Morgan fingerprint density at radius 3 is 3.00 bits per heavy atom. The number of rotatable bonds is 2. The van der Waals surface area contributed by atoms with Gasteiger partial charge in [-0.3, -0.25) is 0 Å². The SMILES string of the molecule is CC#CCC(O)c1sccc1F. The molecule has 0 aliphatic carbocycles. The van der Waals surface area contributed by atoms with Crippen LogP contribution in [0.25, 0.3) is 0 Å². The topological polar surface area (TPSA) is 20.2 Å². The summed E-state index contributed by atoms with van der Waals surface area (Å²) < 4.78 is 12.8. The molecule has 1 rings (SSSR count). The lowest BCUT2D eigenvalue weighted by Gasteiger charge is -2.02. The van der Waals surface area contributed by atoms with E-state index in [-0.39, 0.29) is 5.82 Å². The van der Waals surface area contributed by atoms with E-state index >= 15 is 0 Å². The van der Waals surface area contributed by atoms with E-state index in [1.54, 1.807) is 12.3 Å². The molecule has 0 fully saturated rings. The molecule has 0 spiro atoms. The average molecular weight is 184 g/mol. The van der Waals surface area contributed by atoms with Crippen molar-refractivity contribution in [3.05, 3.63) is 22.1 Å².